The van der Waals surface area contributed by atoms with Crippen molar-refractivity contribution in [3.8, 4) is 50.9 Å². The maximum atomic E-state index is 13.1. The third-order valence-corrected chi connectivity index (χ3v) is 6.42. The van der Waals surface area contributed by atoms with Crippen molar-refractivity contribution in [2.75, 3.05) is 13.9 Å². The second-order valence-corrected chi connectivity index (χ2v) is 8.94. The van der Waals surface area contributed by atoms with E-state index in [1.54, 1.807) is 19.2 Å². The molecule has 35 heavy (non-hydrogen) atoms. The molecule has 2 aromatic heterocycles. The first-order valence-electron chi connectivity index (χ1n) is 10.9. The maximum Gasteiger partial charge on any atom is 0.345 e. The average Bonchev–Trinajstić information content (AvgIpc) is 3.36. The second-order valence-electron chi connectivity index (χ2n) is 8.03. The monoisotopic (exact) mass is 527 g/mol. The summed E-state index contributed by atoms with van der Waals surface area (Å²) >= 11 is 3.48. The highest BCUT2D eigenvalue weighted by Gasteiger charge is 2.18. The Hall–Kier alpha value is -4.10. The Bertz CT molecular complexity index is 1640. The van der Waals surface area contributed by atoms with Gasteiger partial charge in [0, 0.05) is 15.4 Å². The minimum Gasteiger partial charge on any atom is -0.493 e. The van der Waals surface area contributed by atoms with E-state index in [9.17, 15) is 4.79 Å². The summed E-state index contributed by atoms with van der Waals surface area (Å²) in [6, 6.07) is 24.8. The molecule has 0 spiro atoms. The van der Waals surface area contributed by atoms with E-state index in [2.05, 4.69) is 15.9 Å². The van der Waals surface area contributed by atoms with Crippen LogP contribution in [0, 0.1) is 0 Å². The zero-order valence-electron chi connectivity index (χ0n) is 18.6. The molecule has 7 heteroatoms. The standard InChI is InChI=1S/C28H18BrNO5/c1-32-25-4-2-3-18-11-21(28(31)35-27(18)25)23-13-19(17-7-10-24-26(14-17)34-15-33-24)12-22(30-23)16-5-8-20(29)9-6-16/h2-14H,15H2,1H3. The molecule has 1 aliphatic rings. The van der Waals surface area contributed by atoms with Gasteiger partial charge in [-0.15, -0.1) is 0 Å². The number of halogens is 1. The van der Waals surface area contributed by atoms with E-state index in [4.69, 9.17) is 23.6 Å². The molecule has 0 radical (unpaired) electrons. The summed E-state index contributed by atoms with van der Waals surface area (Å²) in [5.74, 6) is 1.90. The molecule has 6 rings (SSSR count). The number of benzene rings is 3. The van der Waals surface area contributed by atoms with Gasteiger partial charge in [0.25, 0.3) is 0 Å². The number of hydrogen-bond acceptors (Lipinski definition) is 6. The number of methoxy groups -OCH3 is 1. The predicted molar refractivity (Wildman–Crippen MR) is 137 cm³/mol. The van der Waals surface area contributed by atoms with Crippen LogP contribution < -0.4 is 19.8 Å². The first-order valence-corrected chi connectivity index (χ1v) is 11.7. The van der Waals surface area contributed by atoms with Crippen LogP contribution in [0.3, 0.4) is 0 Å². The Morgan fingerprint density at radius 2 is 1.60 bits per heavy atom. The molecule has 6 nitrogen and oxygen atoms in total. The number of aromatic nitrogens is 1. The summed E-state index contributed by atoms with van der Waals surface area (Å²) in [5.41, 5.74) is 4.25. The van der Waals surface area contributed by atoms with Crippen molar-refractivity contribution in [2.45, 2.75) is 0 Å². The van der Waals surface area contributed by atoms with E-state index in [1.807, 2.05) is 66.7 Å². The lowest BCUT2D eigenvalue weighted by Gasteiger charge is -2.11. The van der Waals surface area contributed by atoms with E-state index >= 15 is 0 Å². The van der Waals surface area contributed by atoms with Crippen LogP contribution in [-0.2, 0) is 0 Å². The van der Waals surface area contributed by atoms with Gasteiger partial charge in [-0.3, -0.25) is 0 Å². The molecule has 0 aliphatic carbocycles. The molecule has 172 valence electrons. The van der Waals surface area contributed by atoms with Crippen molar-refractivity contribution in [3.05, 3.63) is 93.8 Å². The summed E-state index contributed by atoms with van der Waals surface area (Å²) in [5, 5.41) is 0.749. The van der Waals surface area contributed by atoms with Crippen molar-refractivity contribution >= 4 is 26.9 Å². The summed E-state index contributed by atoms with van der Waals surface area (Å²) < 4.78 is 23.0. The Kier molecular flexibility index (Phi) is 5.26. The van der Waals surface area contributed by atoms with Gasteiger partial charge in [-0.2, -0.15) is 0 Å². The van der Waals surface area contributed by atoms with Gasteiger partial charge in [0.05, 0.1) is 24.1 Å². The number of fused-ring (bicyclic) bond motifs is 2. The van der Waals surface area contributed by atoms with Gasteiger partial charge in [-0.25, -0.2) is 9.78 Å². The van der Waals surface area contributed by atoms with Crippen LogP contribution in [0.4, 0.5) is 0 Å². The van der Waals surface area contributed by atoms with Crippen LogP contribution in [0.5, 0.6) is 17.2 Å². The Morgan fingerprint density at radius 3 is 2.43 bits per heavy atom. The van der Waals surface area contributed by atoms with Crippen LogP contribution in [0.25, 0.3) is 44.6 Å². The van der Waals surface area contributed by atoms with E-state index in [-0.39, 0.29) is 6.79 Å². The van der Waals surface area contributed by atoms with E-state index in [0.717, 1.165) is 32.2 Å². The van der Waals surface area contributed by atoms with Crippen molar-refractivity contribution in [1.29, 1.82) is 0 Å². The van der Waals surface area contributed by atoms with Crippen molar-refractivity contribution < 1.29 is 18.6 Å². The summed E-state index contributed by atoms with van der Waals surface area (Å²) in [6.07, 6.45) is 0. The molecule has 0 N–H and O–H groups in total. The Morgan fingerprint density at radius 1 is 0.829 bits per heavy atom. The normalized spacial score (nSPS) is 12.2. The Labute approximate surface area is 208 Å². The minimum atomic E-state index is -0.487. The number of rotatable bonds is 4. The van der Waals surface area contributed by atoms with Gasteiger partial charge in [0.15, 0.2) is 22.8 Å². The fourth-order valence-electron chi connectivity index (χ4n) is 4.14. The summed E-state index contributed by atoms with van der Waals surface area (Å²) in [6.45, 7) is 0.201. The molecule has 1 aliphatic heterocycles. The second kappa shape index (κ2) is 8.60. The summed E-state index contributed by atoms with van der Waals surface area (Å²) in [7, 11) is 1.55. The van der Waals surface area contributed by atoms with E-state index in [1.165, 1.54) is 0 Å². The van der Waals surface area contributed by atoms with Crippen LogP contribution in [0.2, 0.25) is 0 Å². The van der Waals surface area contributed by atoms with E-state index in [0.29, 0.717) is 34.1 Å². The lowest BCUT2D eigenvalue weighted by molar-refractivity contribution is 0.174. The van der Waals surface area contributed by atoms with Gasteiger partial charge >= 0.3 is 5.63 Å². The quantitative estimate of drug-likeness (QED) is 0.242. The van der Waals surface area contributed by atoms with Crippen LogP contribution in [0.1, 0.15) is 0 Å². The van der Waals surface area contributed by atoms with Crippen molar-refractivity contribution in [2.24, 2.45) is 0 Å². The molecule has 0 bridgehead atoms. The number of ether oxygens (including phenoxy) is 3. The predicted octanol–water partition coefficient (Wildman–Crippen LogP) is 6.69. The average molecular weight is 528 g/mol. The minimum absolute atomic E-state index is 0.201. The number of pyridine rings is 1. The molecule has 0 unspecified atom stereocenters. The highest BCUT2D eigenvalue weighted by atomic mass is 79.9. The molecule has 0 amide bonds. The molecule has 0 fully saturated rings. The topological polar surface area (TPSA) is 70.8 Å². The molecular weight excluding hydrogens is 510 g/mol. The number of nitrogens with zero attached hydrogens (tertiary/aromatic N) is 1. The maximum absolute atomic E-state index is 13.1. The fraction of sp³-hybridized carbons (Fsp3) is 0.0714. The molecular formula is C28H18BrNO5. The van der Waals surface area contributed by atoms with Crippen LogP contribution in [0.15, 0.2) is 92.5 Å². The molecule has 0 atom stereocenters. The molecule has 3 aromatic carbocycles. The summed E-state index contributed by atoms with van der Waals surface area (Å²) in [4.78, 5) is 17.9. The SMILES string of the molecule is COc1cccc2cc(-c3cc(-c4ccc5c(c4)OCO5)cc(-c4ccc(Br)cc4)n3)c(=O)oc12. The first-order chi connectivity index (χ1) is 17.1. The van der Waals surface area contributed by atoms with Gasteiger partial charge < -0.3 is 18.6 Å². The zero-order valence-corrected chi connectivity index (χ0v) is 20.2. The highest BCUT2D eigenvalue weighted by molar-refractivity contribution is 9.10. The van der Waals surface area contributed by atoms with Crippen LogP contribution >= 0.6 is 15.9 Å². The third kappa shape index (κ3) is 3.94. The molecule has 5 aromatic rings. The first kappa shape index (κ1) is 21.4. The zero-order chi connectivity index (χ0) is 23.9. The van der Waals surface area contributed by atoms with Gasteiger partial charge in [0.1, 0.15) is 0 Å². The van der Waals surface area contributed by atoms with Gasteiger partial charge in [0.2, 0.25) is 6.79 Å². The van der Waals surface area contributed by atoms with Gasteiger partial charge in [-0.1, -0.05) is 46.3 Å². The molecule has 0 saturated heterocycles. The lowest BCUT2D eigenvalue weighted by atomic mass is 9.99. The lowest BCUT2D eigenvalue weighted by Crippen LogP contribution is -2.05. The number of hydrogen-bond donors (Lipinski definition) is 0. The molecule has 3 heterocycles. The fourth-order valence-corrected chi connectivity index (χ4v) is 4.40. The van der Waals surface area contributed by atoms with Crippen molar-refractivity contribution in [3.63, 3.8) is 0 Å². The smallest absolute Gasteiger partial charge is 0.345 e. The van der Waals surface area contributed by atoms with E-state index < -0.39 is 5.63 Å². The Balaban J connectivity index is 1.57. The third-order valence-electron chi connectivity index (χ3n) is 5.89. The largest absolute Gasteiger partial charge is 0.493 e. The molecule has 0 saturated carbocycles. The van der Waals surface area contributed by atoms with Crippen molar-refractivity contribution in [1.82, 2.24) is 4.98 Å². The highest BCUT2D eigenvalue weighted by Crippen LogP contribution is 2.38. The van der Waals surface area contributed by atoms with Crippen LogP contribution in [-0.4, -0.2) is 18.9 Å². The van der Waals surface area contributed by atoms with Gasteiger partial charge in [-0.05, 0) is 59.7 Å². The number of para-hydroxylation sites is 1.